The van der Waals surface area contributed by atoms with Crippen LogP contribution in [0.3, 0.4) is 0 Å². The summed E-state index contributed by atoms with van der Waals surface area (Å²) in [6.45, 7) is 12.2. The van der Waals surface area contributed by atoms with E-state index >= 15 is 0 Å². The van der Waals surface area contributed by atoms with Crippen LogP contribution in [-0.4, -0.2) is 35.4 Å². The topological polar surface area (TPSA) is 58.6 Å². The van der Waals surface area contributed by atoms with Gasteiger partial charge in [0.2, 0.25) is 5.91 Å². The molecule has 0 bridgehead atoms. The van der Waals surface area contributed by atoms with E-state index in [9.17, 15) is 9.59 Å². The van der Waals surface area contributed by atoms with Gasteiger partial charge in [-0.05, 0) is 55.0 Å². The zero-order chi connectivity index (χ0) is 23.9. The quantitative estimate of drug-likeness (QED) is 0.551. The highest BCUT2D eigenvalue weighted by Crippen LogP contribution is 2.24. The van der Waals surface area contributed by atoms with Gasteiger partial charge in [0, 0.05) is 17.6 Å². The van der Waals surface area contributed by atoms with Gasteiger partial charge in [0.15, 0.2) is 6.61 Å². The Morgan fingerprint density at radius 3 is 2.25 bits per heavy atom. The van der Waals surface area contributed by atoms with Crippen LogP contribution in [0.5, 0.6) is 5.75 Å². The third-order valence-corrected chi connectivity index (χ3v) is 5.92. The van der Waals surface area contributed by atoms with E-state index in [2.05, 4.69) is 26.1 Å². The lowest BCUT2D eigenvalue weighted by Gasteiger charge is -2.30. The number of rotatable bonds is 9. The van der Waals surface area contributed by atoms with Crippen LogP contribution in [0.2, 0.25) is 5.02 Å². The molecule has 0 fully saturated rings. The molecule has 0 aliphatic carbocycles. The van der Waals surface area contributed by atoms with Crippen LogP contribution in [0.15, 0.2) is 48.5 Å². The van der Waals surface area contributed by atoms with Gasteiger partial charge >= 0.3 is 0 Å². The smallest absolute Gasteiger partial charge is 0.261 e. The minimum atomic E-state index is -0.667. The van der Waals surface area contributed by atoms with Gasteiger partial charge in [0.1, 0.15) is 11.8 Å². The molecule has 5 nitrogen and oxygen atoms in total. The first-order valence-corrected chi connectivity index (χ1v) is 11.5. The third-order valence-electron chi connectivity index (χ3n) is 5.55. The molecule has 0 saturated carbocycles. The van der Waals surface area contributed by atoms with Gasteiger partial charge in [-0.15, -0.1) is 0 Å². The summed E-state index contributed by atoms with van der Waals surface area (Å²) in [5.74, 6) is 0.131. The maximum absolute atomic E-state index is 13.1. The number of benzene rings is 2. The largest absolute Gasteiger partial charge is 0.484 e. The van der Waals surface area contributed by atoms with Crippen LogP contribution >= 0.6 is 11.6 Å². The second-order valence-electron chi connectivity index (χ2n) is 9.17. The molecule has 2 atom stereocenters. The molecule has 0 aliphatic rings. The molecule has 174 valence electrons. The zero-order valence-corrected chi connectivity index (χ0v) is 20.7. The van der Waals surface area contributed by atoms with Crippen LogP contribution in [0.4, 0.5) is 0 Å². The first kappa shape index (κ1) is 25.7. The fourth-order valence-corrected chi connectivity index (χ4v) is 3.33. The summed E-state index contributed by atoms with van der Waals surface area (Å²) in [4.78, 5) is 27.4. The summed E-state index contributed by atoms with van der Waals surface area (Å²) in [6, 6.07) is 14.4. The van der Waals surface area contributed by atoms with Gasteiger partial charge in [-0.25, -0.2) is 0 Å². The molecule has 32 heavy (non-hydrogen) atoms. The van der Waals surface area contributed by atoms with Gasteiger partial charge in [0.05, 0.1) is 0 Å². The van der Waals surface area contributed by atoms with Crippen molar-refractivity contribution in [2.75, 3.05) is 6.61 Å². The standard InChI is InChI=1S/C26H35ClN2O3/c1-7-18(2)28-25(31)19(3)29(16-20-10-8-9-11-23(20)27)24(30)17-32-22-14-12-21(13-15-22)26(4,5)6/h8-15,18-19H,7,16-17H2,1-6H3,(H,28,31)/t18-,19-/m1/s1. The molecule has 0 spiro atoms. The second kappa shape index (κ2) is 11.4. The van der Waals surface area contributed by atoms with Crippen molar-refractivity contribution in [1.29, 1.82) is 0 Å². The van der Waals surface area contributed by atoms with Crippen molar-refractivity contribution < 1.29 is 14.3 Å². The number of hydrogen-bond acceptors (Lipinski definition) is 3. The summed E-state index contributed by atoms with van der Waals surface area (Å²) >= 11 is 6.32. The fraction of sp³-hybridized carbons (Fsp3) is 0.462. The van der Waals surface area contributed by atoms with E-state index in [1.807, 2.05) is 56.3 Å². The van der Waals surface area contributed by atoms with Gasteiger partial charge in [-0.3, -0.25) is 9.59 Å². The second-order valence-corrected chi connectivity index (χ2v) is 9.58. The van der Waals surface area contributed by atoms with E-state index in [0.29, 0.717) is 10.8 Å². The number of ether oxygens (including phenoxy) is 1. The number of hydrogen-bond donors (Lipinski definition) is 1. The van der Waals surface area contributed by atoms with Gasteiger partial charge < -0.3 is 15.0 Å². The molecule has 6 heteroatoms. The van der Waals surface area contributed by atoms with E-state index in [4.69, 9.17) is 16.3 Å². The van der Waals surface area contributed by atoms with Crippen LogP contribution in [0.25, 0.3) is 0 Å². The van der Waals surface area contributed by atoms with Crippen molar-refractivity contribution in [1.82, 2.24) is 10.2 Å². The summed E-state index contributed by atoms with van der Waals surface area (Å²) < 4.78 is 5.76. The minimum absolute atomic E-state index is 0.0276. The Balaban J connectivity index is 2.15. The van der Waals surface area contributed by atoms with Crippen LogP contribution < -0.4 is 10.1 Å². The molecule has 2 aromatic rings. The van der Waals surface area contributed by atoms with Crippen molar-refractivity contribution >= 4 is 23.4 Å². The molecule has 0 saturated heterocycles. The first-order valence-electron chi connectivity index (χ1n) is 11.1. The van der Waals surface area contributed by atoms with E-state index < -0.39 is 6.04 Å². The predicted molar refractivity (Wildman–Crippen MR) is 130 cm³/mol. The van der Waals surface area contributed by atoms with Gasteiger partial charge in [-0.1, -0.05) is 69.6 Å². The Kier molecular flexibility index (Phi) is 9.14. The number of halogens is 1. The third kappa shape index (κ3) is 7.27. The summed E-state index contributed by atoms with van der Waals surface area (Å²) in [6.07, 6.45) is 0.810. The Bertz CT molecular complexity index is 906. The number of nitrogens with zero attached hydrogens (tertiary/aromatic N) is 1. The van der Waals surface area contributed by atoms with Gasteiger partial charge in [-0.2, -0.15) is 0 Å². The highest BCUT2D eigenvalue weighted by molar-refractivity contribution is 6.31. The molecule has 2 amide bonds. The van der Waals surface area contributed by atoms with Crippen molar-refractivity contribution in [3.8, 4) is 5.75 Å². The van der Waals surface area contributed by atoms with Crippen molar-refractivity contribution in [2.24, 2.45) is 0 Å². The molecule has 0 radical (unpaired) electrons. The Morgan fingerprint density at radius 1 is 1.06 bits per heavy atom. The number of amides is 2. The van der Waals surface area contributed by atoms with E-state index in [-0.39, 0.29) is 36.4 Å². The van der Waals surface area contributed by atoms with E-state index in [1.165, 1.54) is 10.5 Å². The molecule has 2 aromatic carbocycles. The average Bonchev–Trinajstić information content (AvgIpc) is 2.76. The molecular weight excluding hydrogens is 424 g/mol. The molecule has 0 heterocycles. The maximum atomic E-state index is 13.1. The molecule has 0 unspecified atom stereocenters. The van der Waals surface area contributed by atoms with E-state index in [1.54, 1.807) is 13.0 Å². The summed E-state index contributed by atoms with van der Waals surface area (Å²) in [5, 5.41) is 3.51. The molecule has 0 aromatic heterocycles. The highest BCUT2D eigenvalue weighted by atomic mass is 35.5. The predicted octanol–water partition coefficient (Wildman–Crippen LogP) is 5.35. The van der Waals surface area contributed by atoms with Crippen molar-refractivity contribution in [3.05, 3.63) is 64.7 Å². The molecular formula is C26H35ClN2O3. The number of carbonyl (C=O) groups is 2. The number of carbonyl (C=O) groups excluding carboxylic acids is 2. The molecule has 1 N–H and O–H groups in total. The van der Waals surface area contributed by atoms with Crippen molar-refractivity contribution in [2.45, 2.75) is 72.0 Å². The maximum Gasteiger partial charge on any atom is 0.261 e. The normalized spacial score (nSPS) is 13.2. The fourth-order valence-electron chi connectivity index (χ4n) is 3.14. The Morgan fingerprint density at radius 2 is 1.69 bits per heavy atom. The lowest BCUT2D eigenvalue weighted by molar-refractivity contribution is -0.142. The highest BCUT2D eigenvalue weighted by Gasteiger charge is 2.27. The molecule has 0 aliphatic heterocycles. The number of nitrogens with one attached hydrogen (secondary N) is 1. The Hall–Kier alpha value is -2.53. The zero-order valence-electron chi connectivity index (χ0n) is 19.9. The van der Waals surface area contributed by atoms with Crippen molar-refractivity contribution in [3.63, 3.8) is 0 Å². The van der Waals surface area contributed by atoms with Gasteiger partial charge in [0.25, 0.3) is 5.91 Å². The summed E-state index contributed by atoms with van der Waals surface area (Å²) in [7, 11) is 0. The van der Waals surface area contributed by atoms with Crippen LogP contribution in [0.1, 0.15) is 59.1 Å². The van der Waals surface area contributed by atoms with Crippen LogP contribution in [-0.2, 0) is 21.5 Å². The SMILES string of the molecule is CC[C@@H](C)NC(=O)[C@@H](C)N(Cc1ccccc1Cl)C(=O)COc1ccc(C(C)(C)C)cc1. The lowest BCUT2D eigenvalue weighted by atomic mass is 9.87. The Labute approximate surface area is 197 Å². The van der Waals surface area contributed by atoms with E-state index in [0.717, 1.165) is 12.0 Å². The monoisotopic (exact) mass is 458 g/mol. The average molecular weight is 459 g/mol. The summed E-state index contributed by atoms with van der Waals surface area (Å²) in [5.41, 5.74) is 2.01. The lowest BCUT2D eigenvalue weighted by Crippen LogP contribution is -2.50. The van der Waals surface area contributed by atoms with Crippen LogP contribution in [0, 0.1) is 0 Å². The first-order chi connectivity index (χ1) is 15.0. The minimum Gasteiger partial charge on any atom is -0.484 e. The molecule has 2 rings (SSSR count).